The van der Waals surface area contributed by atoms with Crippen molar-refractivity contribution in [3.63, 3.8) is 0 Å². The van der Waals surface area contributed by atoms with E-state index in [4.69, 9.17) is 0 Å². The van der Waals surface area contributed by atoms with Crippen molar-refractivity contribution < 1.29 is 13.2 Å². The molecular formula is C21H22N2O3S. The highest BCUT2D eigenvalue weighted by molar-refractivity contribution is 7.93. The second kappa shape index (κ2) is 7.40. The molecule has 1 atom stereocenters. The summed E-state index contributed by atoms with van der Waals surface area (Å²) in [5, 5.41) is -0.796. The number of carbonyl (C=O) groups is 1. The lowest BCUT2D eigenvalue weighted by Crippen LogP contribution is -2.30. The Morgan fingerprint density at radius 3 is 2.44 bits per heavy atom. The molecule has 27 heavy (non-hydrogen) atoms. The molecule has 0 bridgehead atoms. The monoisotopic (exact) mass is 382 g/mol. The van der Waals surface area contributed by atoms with E-state index in [0.29, 0.717) is 22.5 Å². The summed E-state index contributed by atoms with van der Waals surface area (Å²) in [6.45, 7) is 3.52. The summed E-state index contributed by atoms with van der Waals surface area (Å²) in [6.07, 6.45) is 1.67. The summed E-state index contributed by atoms with van der Waals surface area (Å²) in [4.78, 5) is 15.7. The first-order valence-corrected chi connectivity index (χ1v) is 10.1. The second-order valence-electron chi connectivity index (χ2n) is 6.48. The van der Waals surface area contributed by atoms with Gasteiger partial charge in [0.25, 0.3) is 0 Å². The van der Waals surface area contributed by atoms with E-state index in [9.17, 15) is 13.2 Å². The van der Waals surface area contributed by atoms with E-state index in [1.165, 1.54) is 11.4 Å². The van der Waals surface area contributed by atoms with Gasteiger partial charge in [-0.15, -0.1) is 0 Å². The fraction of sp³-hybridized carbons (Fsp3) is 0.190. The Kier molecular flexibility index (Phi) is 5.19. The molecule has 3 rings (SSSR count). The second-order valence-corrected chi connectivity index (χ2v) is 8.76. The first-order chi connectivity index (χ1) is 12.8. The van der Waals surface area contributed by atoms with Gasteiger partial charge in [-0.05, 0) is 43.2 Å². The molecule has 0 amide bonds. The Morgan fingerprint density at radius 1 is 1.04 bits per heavy atom. The molecule has 1 N–H and O–H groups in total. The molecule has 0 fully saturated rings. The smallest absolute Gasteiger partial charge is 0.242 e. The number of hydrogen-bond donors (Lipinski definition) is 1. The van der Waals surface area contributed by atoms with Crippen molar-refractivity contribution in [3.8, 4) is 0 Å². The number of ketones is 1. The van der Waals surface area contributed by atoms with Crippen molar-refractivity contribution in [2.24, 2.45) is 0 Å². The summed E-state index contributed by atoms with van der Waals surface area (Å²) < 4.78 is 27.1. The van der Waals surface area contributed by atoms with Crippen LogP contribution in [0.25, 0.3) is 0 Å². The zero-order chi connectivity index (χ0) is 19.6. The molecule has 1 aromatic heterocycles. The number of aromatic nitrogens is 1. The molecule has 0 spiro atoms. The van der Waals surface area contributed by atoms with Crippen LogP contribution in [0.2, 0.25) is 0 Å². The van der Waals surface area contributed by atoms with Crippen molar-refractivity contribution in [1.29, 1.82) is 0 Å². The summed E-state index contributed by atoms with van der Waals surface area (Å²) >= 11 is 0. The number of carbonyl (C=O) groups excluding carboxylic acids is 1. The Balaban J connectivity index is 1.93. The number of H-pyrrole nitrogens is 1. The normalized spacial score (nSPS) is 12.6. The molecule has 2 aromatic carbocycles. The van der Waals surface area contributed by atoms with E-state index in [1.54, 1.807) is 55.6 Å². The minimum atomic E-state index is -3.64. The van der Waals surface area contributed by atoms with Gasteiger partial charge in [0.05, 0.1) is 0 Å². The van der Waals surface area contributed by atoms with Gasteiger partial charge in [-0.3, -0.25) is 9.10 Å². The van der Waals surface area contributed by atoms with Gasteiger partial charge in [-0.2, -0.15) is 0 Å². The standard InChI is InChI=1S/C21H22N2O3S/c1-15-8-4-5-11-19(15)21(24)18-10-6-9-17(14-18)16(2)27(25,26)23(3)20-12-7-13-22-20/h4-14,16,22H,1-3H3. The SMILES string of the molecule is Cc1ccccc1C(=O)c1cccc(C(C)S(=O)(=O)N(C)c2ccc[nH]2)c1. The number of sulfonamides is 1. The van der Waals surface area contributed by atoms with Crippen LogP contribution in [-0.2, 0) is 10.0 Å². The third-order valence-corrected chi connectivity index (χ3v) is 6.88. The third-order valence-electron chi connectivity index (χ3n) is 4.76. The van der Waals surface area contributed by atoms with Crippen LogP contribution >= 0.6 is 0 Å². The summed E-state index contributed by atoms with van der Waals surface area (Å²) in [7, 11) is -2.13. The van der Waals surface area contributed by atoms with Crippen molar-refractivity contribution in [3.05, 3.63) is 89.1 Å². The highest BCUT2D eigenvalue weighted by Crippen LogP contribution is 2.28. The van der Waals surface area contributed by atoms with Gasteiger partial charge in [-0.1, -0.05) is 42.5 Å². The van der Waals surface area contributed by atoms with Crippen LogP contribution in [0.15, 0.2) is 66.9 Å². The van der Waals surface area contributed by atoms with Crippen molar-refractivity contribution >= 4 is 21.6 Å². The molecule has 0 aliphatic carbocycles. The van der Waals surface area contributed by atoms with Crippen LogP contribution < -0.4 is 4.31 Å². The largest absolute Gasteiger partial charge is 0.348 e. The lowest BCUT2D eigenvalue weighted by Gasteiger charge is -2.23. The molecular weight excluding hydrogens is 360 g/mol. The van der Waals surface area contributed by atoms with Crippen LogP contribution in [-0.4, -0.2) is 26.2 Å². The van der Waals surface area contributed by atoms with Crippen LogP contribution in [0.5, 0.6) is 0 Å². The predicted molar refractivity (Wildman–Crippen MR) is 108 cm³/mol. The number of nitrogens with one attached hydrogen (secondary N) is 1. The zero-order valence-electron chi connectivity index (χ0n) is 15.5. The molecule has 0 radical (unpaired) electrons. The van der Waals surface area contributed by atoms with Crippen LogP contribution in [0.4, 0.5) is 5.82 Å². The number of aryl methyl sites for hydroxylation is 1. The Labute approximate surface area is 159 Å². The summed E-state index contributed by atoms with van der Waals surface area (Å²) in [5.74, 6) is 0.381. The van der Waals surface area contributed by atoms with E-state index < -0.39 is 15.3 Å². The first kappa shape index (κ1) is 18.9. The van der Waals surface area contributed by atoms with E-state index >= 15 is 0 Å². The van der Waals surface area contributed by atoms with Gasteiger partial charge in [0.15, 0.2) is 5.78 Å². The topological polar surface area (TPSA) is 70.2 Å². The van der Waals surface area contributed by atoms with Gasteiger partial charge in [0.1, 0.15) is 11.1 Å². The van der Waals surface area contributed by atoms with Gasteiger partial charge in [-0.25, -0.2) is 8.42 Å². The van der Waals surface area contributed by atoms with E-state index in [2.05, 4.69) is 4.98 Å². The van der Waals surface area contributed by atoms with E-state index in [1.807, 2.05) is 25.1 Å². The highest BCUT2D eigenvalue weighted by Gasteiger charge is 2.28. The predicted octanol–water partition coefficient (Wildman–Crippen LogP) is 4.08. The maximum atomic E-state index is 13.0. The van der Waals surface area contributed by atoms with Crippen molar-refractivity contribution in [2.45, 2.75) is 19.1 Å². The number of benzene rings is 2. The van der Waals surface area contributed by atoms with Gasteiger partial charge in [0, 0.05) is 24.4 Å². The average molecular weight is 382 g/mol. The average Bonchev–Trinajstić information content (AvgIpc) is 3.21. The van der Waals surface area contributed by atoms with Crippen LogP contribution in [0, 0.1) is 6.92 Å². The Morgan fingerprint density at radius 2 is 1.78 bits per heavy atom. The number of aromatic amines is 1. The lowest BCUT2D eigenvalue weighted by molar-refractivity contribution is 0.103. The van der Waals surface area contributed by atoms with Crippen molar-refractivity contribution in [1.82, 2.24) is 4.98 Å². The zero-order valence-corrected chi connectivity index (χ0v) is 16.3. The molecule has 0 saturated heterocycles. The maximum absolute atomic E-state index is 13.0. The maximum Gasteiger partial charge on any atom is 0.242 e. The van der Waals surface area contributed by atoms with Gasteiger partial charge >= 0.3 is 0 Å². The Hall–Kier alpha value is -2.86. The molecule has 5 nitrogen and oxygen atoms in total. The minimum absolute atomic E-state index is 0.114. The fourth-order valence-corrected chi connectivity index (χ4v) is 4.33. The van der Waals surface area contributed by atoms with E-state index in [0.717, 1.165) is 5.56 Å². The molecule has 1 heterocycles. The molecule has 0 aliphatic heterocycles. The van der Waals surface area contributed by atoms with Crippen molar-refractivity contribution in [2.75, 3.05) is 11.4 Å². The fourth-order valence-electron chi connectivity index (χ4n) is 2.98. The summed E-state index contributed by atoms with van der Waals surface area (Å²) in [5.41, 5.74) is 2.56. The lowest BCUT2D eigenvalue weighted by atomic mass is 9.97. The van der Waals surface area contributed by atoms with Gasteiger partial charge in [0.2, 0.25) is 10.0 Å². The first-order valence-electron chi connectivity index (χ1n) is 8.64. The third kappa shape index (κ3) is 3.66. The number of anilines is 1. The quantitative estimate of drug-likeness (QED) is 0.653. The summed E-state index contributed by atoms with van der Waals surface area (Å²) in [6, 6.07) is 17.7. The molecule has 6 heteroatoms. The Bertz CT molecular complexity index is 1060. The number of rotatable bonds is 6. The molecule has 140 valence electrons. The number of nitrogens with zero attached hydrogens (tertiary/aromatic N) is 1. The molecule has 1 unspecified atom stereocenters. The van der Waals surface area contributed by atoms with Crippen LogP contribution in [0.3, 0.4) is 0 Å². The molecule has 3 aromatic rings. The molecule has 0 aliphatic rings. The molecule has 0 saturated carbocycles. The van der Waals surface area contributed by atoms with E-state index in [-0.39, 0.29) is 5.78 Å². The number of hydrogen-bond acceptors (Lipinski definition) is 3. The van der Waals surface area contributed by atoms with Crippen LogP contribution in [0.1, 0.15) is 39.2 Å². The van der Waals surface area contributed by atoms with Gasteiger partial charge < -0.3 is 4.98 Å². The highest BCUT2D eigenvalue weighted by atomic mass is 32.2. The minimum Gasteiger partial charge on any atom is -0.348 e.